The molecular formula is C20H21Cl2NO5. The fourth-order valence-electron chi connectivity index (χ4n) is 2.70. The van der Waals surface area contributed by atoms with Gasteiger partial charge in [-0.3, -0.25) is 4.79 Å². The third kappa shape index (κ3) is 6.94. The fraction of sp³-hybridized carbons (Fsp3) is 0.300. The first-order chi connectivity index (χ1) is 13.3. The second kappa shape index (κ2) is 10.2. The van der Waals surface area contributed by atoms with E-state index in [1.54, 1.807) is 25.3 Å². The van der Waals surface area contributed by atoms with Crippen LogP contribution in [-0.4, -0.2) is 29.4 Å². The molecule has 1 aliphatic carbocycles. The van der Waals surface area contributed by atoms with Gasteiger partial charge in [-0.2, -0.15) is 0 Å². The van der Waals surface area contributed by atoms with E-state index in [0.29, 0.717) is 22.2 Å². The van der Waals surface area contributed by atoms with Gasteiger partial charge in [0.05, 0.1) is 17.7 Å². The number of halogens is 2. The fourth-order valence-corrected chi connectivity index (χ4v) is 3.19. The molecule has 0 aromatic heterocycles. The Morgan fingerprint density at radius 1 is 1.14 bits per heavy atom. The summed E-state index contributed by atoms with van der Waals surface area (Å²) in [5.41, 5.74) is 2.66. The molecule has 1 amide bonds. The third-order valence-electron chi connectivity index (χ3n) is 4.18. The zero-order chi connectivity index (χ0) is 20.7. The van der Waals surface area contributed by atoms with E-state index < -0.39 is 6.16 Å². The highest BCUT2D eigenvalue weighted by atomic mass is 35.5. The van der Waals surface area contributed by atoms with Crippen LogP contribution in [0.2, 0.25) is 10.0 Å². The number of benzene rings is 2. The molecule has 3 N–H and O–H groups in total. The first-order valence-electron chi connectivity index (χ1n) is 8.61. The van der Waals surface area contributed by atoms with Crippen LogP contribution in [0.1, 0.15) is 34.3 Å². The summed E-state index contributed by atoms with van der Waals surface area (Å²) in [6.45, 7) is 0.388. The zero-order valence-electron chi connectivity index (χ0n) is 15.2. The SMILES string of the molecule is COc1ccc(CC2CC2)cc1CNC(=O)c1ccc(Cl)cc1Cl.O=C(O)O. The number of carbonyl (C=O) groups excluding carboxylic acids is 1. The van der Waals surface area contributed by atoms with E-state index in [9.17, 15) is 4.79 Å². The van der Waals surface area contributed by atoms with Crippen LogP contribution < -0.4 is 10.1 Å². The molecule has 3 rings (SSSR count). The van der Waals surface area contributed by atoms with Crippen LogP contribution in [0.3, 0.4) is 0 Å². The summed E-state index contributed by atoms with van der Waals surface area (Å²) in [4.78, 5) is 20.9. The van der Waals surface area contributed by atoms with Crippen molar-refractivity contribution in [3.05, 3.63) is 63.1 Å². The Labute approximate surface area is 173 Å². The molecule has 0 unspecified atom stereocenters. The van der Waals surface area contributed by atoms with Crippen molar-refractivity contribution in [2.24, 2.45) is 5.92 Å². The molecule has 0 heterocycles. The maximum Gasteiger partial charge on any atom is 0.503 e. The summed E-state index contributed by atoms with van der Waals surface area (Å²) in [6.07, 6.45) is 1.88. The summed E-state index contributed by atoms with van der Waals surface area (Å²) in [7, 11) is 1.64. The summed E-state index contributed by atoms with van der Waals surface area (Å²) >= 11 is 11.9. The van der Waals surface area contributed by atoms with Gasteiger partial charge in [-0.05, 0) is 55.0 Å². The molecule has 0 radical (unpaired) electrons. The van der Waals surface area contributed by atoms with Crippen LogP contribution in [0, 0.1) is 5.92 Å². The molecule has 1 aliphatic rings. The van der Waals surface area contributed by atoms with Crippen molar-refractivity contribution < 1.29 is 24.5 Å². The molecular weight excluding hydrogens is 405 g/mol. The lowest BCUT2D eigenvalue weighted by Gasteiger charge is -2.12. The molecule has 6 nitrogen and oxygen atoms in total. The van der Waals surface area contributed by atoms with Gasteiger partial charge < -0.3 is 20.3 Å². The summed E-state index contributed by atoms with van der Waals surface area (Å²) in [5.74, 6) is 1.36. The Bertz CT molecular complexity index is 848. The Hall–Kier alpha value is -2.44. The van der Waals surface area contributed by atoms with E-state index in [1.165, 1.54) is 18.4 Å². The highest BCUT2D eigenvalue weighted by Crippen LogP contribution is 2.33. The maximum atomic E-state index is 12.3. The number of hydrogen-bond donors (Lipinski definition) is 3. The molecule has 0 spiro atoms. The van der Waals surface area contributed by atoms with Crippen LogP contribution in [0.25, 0.3) is 0 Å². The lowest BCUT2D eigenvalue weighted by Crippen LogP contribution is -2.23. The molecule has 1 saturated carbocycles. The minimum Gasteiger partial charge on any atom is -0.496 e. The van der Waals surface area contributed by atoms with Crippen LogP contribution in [0.15, 0.2) is 36.4 Å². The molecule has 2 aromatic carbocycles. The van der Waals surface area contributed by atoms with Crippen molar-refractivity contribution in [2.45, 2.75) is 25.8 Å². The quantitative estimate of drug-likeness (QED) is 0.597. The molecule has 2 aromatic rings. The molecule has 0 aliphatic heterocycles. The van der Waals surface area contributed by atoms with Crippen molar-refractivity contribution >= 4 is 35.3 Å². The monoisotopic (exact) mass is 425 g/mol. The number of nitrogens with one attached hydrogen (secondary N) is 1. The van der Waals surface area contributed by atoms with E-state index >= 15 is 0 Å². The average Bonchev–Trinajstić information content (AvgIpc) is 3.43. The lowest BCUT2D eigenvalue weighted by molar-refractivity contribution is 0.0950. The lowest BCUT2D eigenvalue weighted by atomic mass is 10.0. The number of carbonyl (C=O) groups is 2. The number of methoxy groups -OCH3 is 1. The minimum absolute atomic E-state index is 0.230. The number of rotatable bonds is 6. The van der Waals surface area contributed by atoms with E-state index in [1.807, 2.05) is 6.07 Å². The predicted octanol–water partition coefficient (Wildman–Crippen LogP) is 5.11. The average molecular weight is 426 g/mol. The van der Waals surface area contributed by atoms with Crippen LogP contribution >= 0.6 is 23.2 Å². The molecule has 0 bridgehead atoms. The summed E-state index contributed by atoms with van der Waals surface area (Å²) < 4.78 is 5.40. The van der Waals surface area contributed by atoms with Crippen molar-refractivity contribution in [3.8, 4) is 5.75 Å². The van der Waals surface area contributed by atoms with Crippen molar-refractivity contribution in [2.75, 3.05) is 7.11 Å². The largest absolute Gasteiger partial charge is 0.503 e. The van der Waals surface area contributed by atoms with Gasteiger partial charge in [-0.25, -0.2) is 4.79 Å². The number of ether oxygens (including phenoxy) is 1. The smallest absolute Gasteiger partial charge is 0.496 e. The second-order valence-corrected chi connectivity index (χ2v) is 7.23. The van der Waals surface area contributed by atoms with Crippen molar-refractivity contribution in [1.29, 1.82) is 0 Å². The van der Waals surface area contributed by atoms with Crippen LogP contribution in [0.4, 0.5) is 4.79 Å². The highest BCUT2D eigenvalue weighted by molar-refractivity contribution is 6.36. The molecule has 0 saturated heterocycles. The Morgan fingerprint density at radius 2 is 1.82 bits per heavy atom. The summed E-state index contributed by atoms with van der Waals surface area (Å²) in [5, 5.41) is 17.7. The number of hydrogen-bond acceptors (Lipinski definition) is 3. The molecule has 8 heteroatoms. The van der Waals surface area contributed by atoms with Gasteiger partial charge in [0.25, 0.3) is 5.91 Å². The van der Waals surface area contributed by atoms with Crippen molar-refractivity contribution in [3.63, 3.8) is 0 Å². The van der Waals surface area contributed by atoms with E-state index in [4.69, 9.17) is 42.9 Å². The van der Waals surface area contributed by atoms with Gasteiger partial charge in [0.2, 0.25) is 0 Å². The van der Waals surface area contributed by atoms with E-state index in [-0.39, 0.29) is 5.91 Å². The standard InChI is InChI=1S/C19H19Cl2NO2.CH2O3/c1-24-18-7-4-13(8-12-2-3-12)9-14(18)11-22-19(23)16-6-5-15(20)10-17(16)21;2-1(3)4/h4-7,9-10,12H,2-3,8,11H2,1H3,(H,22,23);(H2,2,3,4). The van der Waals surface area contributed by atoms with Gasteiger partial charge in [0.15, 0.2) is 0 Å². The van der Waals surface area contributed by atoms with E-state index in [2.05, 4.69) is 17.4 Å². The highest BCUT2D eigenvalue weighted by Gasteiger charge is 2.22. The first kappa shape index (κ1) is 21.9. The van der Waals surface area contributed by atoms with Crippen molar-refractivity contribution in [1.82, 2.24) is 5.32 Å². The van der Waals surface area contributed by atoms with Gasteiger partial charge in [0, 0.05) is 17.1 Å². The van der Waals surface area contributed by atoms with Gasteiger partial charge in [0.1, 0.15) is 5.75 Å². The normalized spacial score (nSPS) is 12.5. The molecule has 150 valence electrons. The number of carboxylic acid groups (broad SMARTS) is 2. The first-order valence-corrected chi connectivity index (χ1v) is 9.36. The van der Waals surface area contributed by atoms with E-state index in [0.717, 1.165) is 23.7 Å². The number of amides is 1. The predicted molar refractivity (Wildman–Crippen MR) is 108 cm³/mol. The Balaban J connectivity index is 0.000000640. The Morgan fingerprint density at radius 3 is 2.39 bits per heavy atom. The molecule has 1 fully saturated rings. The van der Waals surface area contributed by atoms with Crippen LogP contribution in [-0.2, 0) is 13.0 Å². The second-order valence-electron chi connectivity index (χ2n) is 6.38. The zero-order valence-corrected chi connectivity index (χ0v) is 16.8. The third-order valence-corrected chi connectivity index (χ3v) is 4.73. The van der Waals surface area contributed by atoms with Gasteiger partial charge in [-0.15, -0.1) is 0 Å². The minimum atomic E-state index is -1.83. The van der Waals surface area contributed by atoms with Gasteiger partial charge in [-0.1, -0.05) is 35.3 Å². The molecule has 0 atom stereocenters. The summed E-state index contributed by atoms with van der Waals surface area (Å²) in [6, 6.07) is 11.0. The van der Waals surface area contributed by atoms with Gasteiger partial charge >= 0.3 is 6.16 Å². The topological polar surface area (TPSA) is 95.9 Å². The van der Waals surface area contributed by atoms with Crippen LogP contribution in [0.5, 0.6) is 5.75 Å². The Kier molecular flexibility index (Phi) is 7.96. The maximum absolute atomic E-state index is 12.3. The molecule has 28 heavy (non-hydrogen) atoms.